The normalized spacial score (nSPS) is 15.7. The Balaban J connectivity index is 1.91. The number of phenolic OH excluding ortho intramolecular Hbond substituents is 1. The summed E-state index contributed by atoms with van der Waals surface area (Å²) in [5.41, 5.74) is 0.943. The fourth-order valence-corrected chi connectivity index (χ4v) is 2.22. The molecule has 7 nitrogen and oxygen atoms in total. The predicted octanol–water partition coefficient (Wildman–Crippen LogP) is 1.99. The summed E-state index contributed by atoms with van der Waals surface area (Å²) in [5, 5.41) is 14.0. The average molecular weight is 304 g/mol. The molecule has 2 aromatic rings. The van der Waals surface area contributed by atoms with Gasteiger partial charge in [0.2, 0.25) is 5.79 Å². The molecule has 0 fully saturated rings. The van der Waals surface area contributed by atoms with E-state index in [2.05, 4.69) is 5.10 Å². The molecule has 1 aromatic heterocycles. The van der Waals surface area contributed by atoms with Crippen LogP contribution in [-0.2, 0) is 18.4 Å². The monoisotopic (exact) mass is 304 g/mol. The molecular weight excluding hydrogens is 288 g/mol. The maximum absolute atomic E-state index is 12.2. The highest BCUT2D eigenvalue weighted by Gasteiger charge is 2.38. The van der Waals surface area contributed by atoms with Gasteiger partial charge in [0.05, 0.1) is 6.20 Å². The first kappa shape index (κ1) is 14.2. The van der Waals surface area contributed by atoms with Crippen molar-refractivity contribution in [1.82, 2.24) is 9.78 Å². The topological polar surface area (TPSA) is 82.8 Å². The molecule has 1 N–H and O–H groups in total. The third kappa shape index (κ3) is 2.57. The molecule has 0 amide bonds. The first-order valence-corrected chi connectivity index (χ1v) is 6.74. The molecule has 7 heteroatoms. The highest BCUT2D eigenvalue weighted by atomic mass is 16.7. The minimum atomic E-state index is -1.14. The van der Waals surface area contributed by atoms with Crippen LogP contribution in [0, 0.1) is 0 Å². The van der Waals surface area contributed by atoms with E-state index in [-0.39, 0.29) is 29.4 Å². The fraction of sp³-hybridized carbons (Fsp3) is 0.333. The van der Waals surface area contributed by atoms with Gasteiger partial charge < -0.3 is 19.3 Å². The number of carbonyl (C=O) groups is 1. The zero-order valence-electron chi connectivity index (χ0n) is 12.5. The van der Waals surface area contributed by atoms with Crippen LogP contribution in [0.25, 0.3) is 0 Å². The highest BCUT2D eigenvalue weighted by molar-refractivity contribution is 5.97. The van der Waals surface area contributed by atoms with E-state index < -0.39 is 11.8 Å². The number of aryl methyl sites for hydroxylation is 1. The van der Waals surface area contributed by atoms with Gasteiger partial charge in [0, 0.05) is 32.7 Å². The number of benzene rings is 1. The number of aromatic hydroxyl groups is 1. The summed E-state index contributed by atoms with van der Waals surface area (Å²) >= 11 is 0. The SMILES string of the molecule is Cn1cc(COc2ccc(O)c3c2C(=O)OC(C)(C)O3)cn1. The summed E-state index contributed by atoms with van der Waals surface area (Å²) < 4.78 is 18.0. The minimum Gasteiger partial charge on any atom is -0.504 e. The smallest absolute Gasteiger partial charge is 0.349 e. The van der Waals surface area contributed by atoms with Crippen molar-refractivity contribution < 1.29 is 24.1 Å². The van der Waals surface area contributed by atoms with Gasteiger partial charge in [-0.05, 0) is 12.1 Å². The zero-order chi connectivity index (χ0) is 15.9. The van der Waals surface area contributed by atoms with Crippen molar-refractivity contribution in [2.24, 2.45) is 7.05 Å². The van der Waals surface area contributed by atoms with Crippen molar-refractivity contribution in [3.63, 3.8) is 0 Å². The third-order valence-electron chi connectivity index (χ3n) is 3.14. The molecule has 1 aliphatic rings. The van der Waals surface area contributed by atoms with Crippen molar-refractivity contribution in [3.05, 3.63) is 35.7 Å². The van der Waals surface area contributed by atoms with Crippen LogP contribution >= 0.6 is 0 Å². The molecule has 0 saturated carbocycles. The van der Waals surface area contributed by atoms with Crippen LogP contribution in [0.3, 0.4) is 0 Å². The molecular formula is C15H16N2O5. The van der Waals surface area contributed by atoms with E-state index >= 15 is 0 Å². The number of ether oxygens (including phenoxy) is 3. The number of aromatic nitrogens is 2. The number of carbonyl (C=O) groups excluding carboxylic acids is 1. The number of esters is 1. The van der Waals surface area contributed by atoms with E-state index in [1.54, 1.807) is 31.8 Å². The number of fused-ring (bicyclic) bond motifs is 1. The van der Waals surface area contributed by atoms with Crippen LogP contribution in [0.15, 0.2) is 24.5 Å². The number of phenols is 1. The van der Waals surface area contributed by atoms with Gasteiger partial charge in [-0.1, -0.05) is 0 Å². The van der Waals surface area contributed by atoms with Crippen LogP contribution in [0.1, 0.15) is 29.8 Å². The van der Waals surface area contributed by atoms with E-state index in [4.69, 9.17) is 14.2 Å². The maximum atomic E-state index is 12.2. The number of hydrogen-bond acceptors (Lipinski definition) is 6. The number of rotatable bonds is 3. The van der Waals surface area contributed by atoms with Gasteiger partial charge in [-0.3, -0.25) is 4.68 Å². The first-order valence-electron chi connectivity index (χ1n) is 6.74. The second kappa shape index (κ2) is 4.94. The molecule has 0 spiro atoms. The molecule has 0 saturated heterocycles. The largest absolute Gasteiger partial charge is 0.504 e. The zero-order valence-corrected chi connectivity index (χ0v) is 12.5. The van der Waals surface area contributed by atoms with Gasteiger partial charge >= 0.3 is 5.97 Å². The molecule has 0 aliphatic carbocycles. The summed E-state index contributed by atoms with van der Waals surface area (Å²) in [6.07, 6.45) is 3.48. The van der Waals surface area contributed by atoms with Gasteiger partial charge in [-0.15, -0.1) is 0 Å². The highest BCUT2D eigenvalue weighted by Crippen LogP contribution is 2.43. The van der Waals surface area contributed by atoms with E-state index in [1.807, 2.05) is 6.20 Å². The second-order valence-electron chi connectivity index (χ2n) is 5.49. The lowest BCUT2D eigenvalue weighted by Gasteiger charge is -2.32. The fourth-order valence-electron chi connectivity index (χ4n) is 2.22. The molecule has 0 bridgehead atoms. The summed E-state index contributed by atoms with van der Waals surface area (Å²) in [5.74, 6) is -1.50. The van der Waals surface area contributed by atoms with Gasteiger partial charge in [-0.2, -0.15) is 5.10 Å². The third-order valence-corrected chi connectivity index (χ3v) is 3.14. The van der Waals surface area contributed by atoms with Gasteiger partial charge in [0.25, 0.3) is 0 Å². The molecule has 22 heavy (non-hydrogen) atoms. The first-order chi connectivity index (χ1) is 10.4. The van der Waals surface area contributed by atoms with Crippen molar-refractivity contribution in [1.29, 1.82) is 0 Å². The van der Waals surface area contributed by atoms with E-state index in [1.165, 1.54) is 12.1 Å². The summed E-state index contributed by atoms with van der Waals surface area (Å²) in [7, 11) is 1.80. The molecule has 3 rings (SSSR count). The van der Waals surface area contributed by atoms with Crippen molar-refractivity contribution in [2.75, 3.05) is 0 Å². The van der Waals surface area contributed by atoms with E-state index in [9.17, 15) is 9.90 Å². The van der Waals surface area contributed by atoms with Crippen LogP contribution in [-0.4, -0.2) is 26.6 Å². The van der Waals surface area contributed by atoms with Crippen LogP contribution < -0.4 is 9.47 Å². The number of cyclic esters (lactones) is 1. The molecule has 1 aromatic carbocycles. The number of nitrogens with zero attached hydrogens (tertiary/aromatic N) is 2. The molecule has 0 atom stereocenters. The Labute approximate surface area is 127 Å². The molecule has 1 aliphatic heterocycles. The molecule has 0 radical (unpaired) electrons. The Morgan fingerprint density at radius 2 is 2.14 bits per heavy atom. The molecule has 116 valence electrons. The van der Waals surface area contributed by atoms with Crippen molar-refractivity contribution >= 4 is 5.97 Å². The maximum Gasteiger partial charge on any atom is 0.349 e. The Morgan fingerprint density at radius 3 is 2.82 bits per heavy atom. The number of hydrogen-bond donors (Lipinski definition) is 1. The lowest BCUT2D eigenvalue weighted by atomic mass is 10.1. The van der Waals surface area contributed by atoms with Gasteiger partial charge in [0.15, 0.2) is 11.5 Å². The Kier molecular flexibility index (Phi) is 3.20. The van der Waals surface area contributed by atoms with Crippen molar-refractivity contribution in [3.8, 4) is 17.2 Å². The second-order valence-corrected chi connectivity index (χ2v) is 5.49. The van der Waals surface area contributed by atoms with Crippen LogP contribution in [0.5, 0.6) is 17.2 Å². The minimum absolute atomic E-state index is 0.0740. The summed E-state index contributed by atoms with van der Waals surface area (Å²) in [4.78, 5) is 12.2. The predicted molar refractivity (Wildman–Crippen MR) is 75.8 cm³/mol. The Hall–Kier alpha value is -2.70. The van der Waals surface area contributed by atoms with Crippen LogP contribution in [0.4, 0.5) is 0 Å². The standard InChI is InChI=1S/C15H16N2O5/c1-15(2)21-13-10(18)4-5-11(12(13)14(19)22-15)20-8-9-6-16-17(3)7-9/h4-7,18H,8H2,1-3H3. The lowest BCUT2D eigenvalue weighted by molar-refractivity contribution is -0.128. The van der Waals surface area contributed by atoms with Crippen LogP contribution in [0.2, 0.25) is 0 Å². The Morgan fingerprint density at radius 1 is 1.36 bits per heavy atom. The molecule has 2 heterocycles. The van der Waals surface area contributed by atoms with E-state index in [0.717, 1.165) is 5.56 Å². The van der Waals surface area contributed by atoms with Gasteiger partial charge in [-0.25, -0.2) is 4.79 Å². The average Bonchev–Trinajstić information content (AvgIpc) is 2.83. The Bertz CT molecular complexity index is 736. The lowest BCUT2D eigenvalue weighted by Crippen LogP contribution is -2.39. The quantitative estimate of drug-likeness (QED) is 0.873. The van der Waals surface area contributed by atoms with E-state index in [0.29, 0.717) is 0 Å². The van der Waals surface area contributed by atoms with Crippen molar-refractivity contribution in [2.45, 2.75) is 26.2 Å². The summed E-state index contributed by atoms with van der Waals surface area (Å²) in [6, 6.07) is 2.93. The molecule has 0 unspecified atom stereocenters. The van der Waals surface area contributed by atoms with Gasteiger partial charge in [0.1, 0.15) is 17.9 Å². The summed E-state index contributed by atoms with van der Waals surface area (Å²) in [6.45, 7) is 3.43.